The van der Waals surface area contributed by atoms with Gasteiger partial charge in [-0.15, -0.1) is 0 Å². The minimum Gasteiger partial charge on any atom is -0.466 e. The Balaban J connectivity index is 1.61. The van der Waals surface area contributed by atoms with Crippen molar-refractivity contribution in [1.82, 2.24) is 19.7 Å². The number of amides is 1. The van der Waals surface area contributed by atoms with E-state index in [1.165, 1.54) is 36.0 Å². The molecule has 9 nitrogen and oxygen atoms in total. The molecule has 1 aliphatic heterocycles. The Morgan fingerprint density at radius 2 is 2.13 bits per heavy atom. The fraction of sp³-hybridized carbons (Fsp3) is 0.381. The fourth-order valence-corrected chi connectivity index (χ4v) is 4.08. The van der Waals surface area contributed by atoms with Crippen LogP contribution in [-0.4, -0.2) is 63.5 Å². The average Bonchev–Trinajstić information content (AvgIpc) is 3.36. The van der Waals surface area contributed by atoms with Gasteiger partial charge in [0.15, 0.2) is 5.82 Å². The van der Waals surface area contributed by atoms with Gasteiger partial charge >= 0.3 is 11.9 Å². The zero-order chi connectivity index (χ0) is 22.4. The van der Waals surface area contributed by atoms with Crippen molar-refractivity contribution >= 4 is 29.6 Å². The monoisotopic (exact) mass is 444 g/mol. The molecule has 0 bridgehead atoms. The number of rotatable bonds is 8. The summed E-state index contributed by atoms with van der Waals surface area (Å²) in [5.74, 6) is -0.159. The van der Waals surface area contributed by atoms with E-state index in [1.54, 1.807) is 10.9 Å². The molecule has 0 aromatic carbocycles. The Kier molecular flexibility index (Phi) is 7.45. The standard InChI is InChI=1S/C21H24N4O5S/c1-14(2)20-15(12-23-25(20)16-7-4-5-8-22-16)21(28)30-10-6-9-24-17(26)13-31-18(24)11-19(27)29-3/h4-5,7-8,11-12,14H,6,9-10,13H2,1-3H3/b18-11+. The van der Waals surface area contributed by atoms with Gasteiger partial charge in [0.2, 0.25) is 5.91 Å². The summed E-state index contributed by atoms with van der Waals surface area (Å²) in [5.41, 5.74) is 1.11. The first kappa shape index (κ1) is 22.5. The van der Waals surface area contributed by atoms with E-state index in [2.05, 4.69) is 14.8 Å². The van der Waals surface area contributed by atoms with Crippen molar-refractivity contribution in [1.29, 1.82) is 0 Å². The summed E-state index contributed by atoms with van der Waals surface area (Å²) < 4.78 is 11.7. The molecule has 0 unspecified atom stereocenters. The Morgan fingerprint density at radius 3 is 2.81 bits per heavy atom. The predicted octanol–water partition coefficient (Wildman–Crippen LogP) is 2.53. The second-order valence-corrected chi connectivity index (χ2v) is 8.02. The molecule has 0 aliphatic carbocycles. The van der Waals surface area contributed by atoms with Crippen molar-refractivity contribution in [3.63, 3.8) is 0 Å². The first-order valence-corrected chi connectivity index (χ1v) is 10.8. The van der Waals surface area contributed by atoms with Gasteiger partial charge in [0.05, 0.1) is 42.5 Å². The van der Waals surface area contributed by atoms with Crippen LogP contribution in [0.4, 0.5) is 0 Å². The first-order valence-electron chi connectivity index (χ1n) is 9.81. The number of hydrogen-bond donors (Lipinski definition) is 0. The number of nitrogens with zero attached hydrogens (tertiary/aromatic N) is 4. The number of aromatic nitrogens is 3. The number of ether oxygens (including phenoxy) is 2. The molecule has 0 saturated carbocycles. The highest BCUT2D eigenvalue weighted by Crippen LogP contribution is 2.29. The molecule has 3 rings (SSSR count). The summed E-state index contributed by atoms with van der Waals surface area (Å²) in [5, 5.41) is 4.87. The molecule has 0 spiro atoms. The van der Waals surface area contributed by atoms with Gasteiger partial charge in [0.25, 0.3) is 0 Å². The molecular weight excluding hydrogens is 420 g/mol. The van der Waals surface area contributed by atoms with E-state index < -0.39 is 11.9 Å². The fourth-order valence-electron chi connectivity index (χ4n) is 3.13. The number of methoxy groups -OCH3 is 1. The van der Waals surface area contributed by atoms with E-state index in [0.717, 1.165) is 5.69 Å². The van der Waals surface area contributed by atoms with Crippen LogP contribution < -0.4 is 0 Å². The van der Waals surface area contributed by atoms with Crippen molar-refractivity contribution < 1.29 is 23.9 Å². The van der Waals surface area contributed by atoms with Gasteiger partial charge in [-0.2, -0.15) is 5.10 Å². The normalized spacial score (nSPS) is 15.0. The van der Waals surface area contributed by atoms with Crippen LogP contribution in [0, 0.1) is 0 Å². The summed E-state index contributed by atoms with van der Waals surface area (Å²) in [7, 11) is 1.28. The van der Waals surface area contributed by atoms with Crippen LogP contribution in [0.25, 0.3) is 5.82 Å². The predicted molar refractivity (Wildman–Crippen MR) is 115 cm³/mol. The first-order chi connectivity index (χ1) is 14.9. The molecule has 1 amide bonds. The lowest BCUT2D eigenvalue weighted by Crippen LogP contribution is -2.27. The minimum atomic E-state index is -0.514. The van der Waals surface area contributed by atoms with E-state index in [0.29, 0.717) is 29.4 Å². The lowest BCUT2D eigenvalue weighted by Gasteiger charge is -2.17. The number of esters is 2. The lowest BCUT2D eigenvalue weighted by atomic mass is 10.1. The maximum absolute atomic E-state index is 12.7. The number of thioether (sulfide) groups is 1. The molecule has 1 fully saturated rings. The molecule has 31 heavy (non-hydrogen) atoms. The van der Waals surface area contributed by atoms with E-state index >= 15 is 0 Å². The largest absolute Gasteiger partial charge is 0.466 e. The van der Waals surface area contributed by atoms with Crippen molar-refractivity contribution in [2.24, 2.45) is 0 Å². The Morgan fingerprint density at radius 1 is 1.32 bits per heavy atom. The zero-order valence-corrected chi connectivity index (χ0v) is 18.4. The second-order valence-electron chi connectivity index (χ2n) is 7.03. The van der Waals surface area contributed by atoms with E-state index in [1.807, 2.05) is 32.0 Å². The van der Waals surface area contributed by atoms with E-state index in [-0.39, 0.29) is 24.2 Å². The quantitative estimate of drug-likeness (QED) is 0.348. The molecule has 0 radical (unpaired) electrons. The smallest absolute Gasteiger partial charge is 0.341 e. The summed E-state index contributed by atoms with van der Waals surface area (Å²) in [6.45, 7) is 4.41. The van der Waals surface area contributed by atoms with Gasteiger partial charge in [-0.25, -0.2) is 19.3 Å². The Hall–Kier alpha value is -3.14. The van der Waals surface area contributed by atoms with E-state index in [9.17, 15) is 14.4 Å². The maximum Gasteiger partial charge on any atom is 0.341 e. The van der Waals surface area contributed by atoms with Crippen LogP contribution in [0.2, 0.25) is 0 Å². The van der Waals surface area contributed by atoms with Crippen LogP contribution in [0.15, 0.2) is 41.7 Å². The molecule has 0 N–H and O–H groups in total. The van der Waals surface area contributed by atoms with Gasteiger partial charge < -0.3 is 14.4 Å². The average molecular weight is 445 g/mol. The molecule has 2 aromatic heterocycles. The second kappa shape index (κ2) is 10.3. The summed E-state index contributed by atoms with van der Waals surface area (Å²) >= 11 is 1.28. The molecular formula is C21H24N4O5S. The molecule has 0 atom stereocenters. The topological polar surface area (TPSA) is 104 Å². The highest BCUT2D eigenvalue weighted by atomic mass is 32.2. The molecule has 1 aliphatic rings. The number of carbonyl (C=O) groups is 3. The maximum atomic E-state index is 12.7. The van der Waals surface area contributed by atoms with Gasteiger partial charge in [-0.1, -0.05) is 31.7 Å². The third-order valence-corrected chi connectivity index (χ3v) is 5.58. The van der Waals surface area contributed by atoms with Crippen molar-refractivity contribution in [3.8, 4) is 5.82 Å². The molecule has 164 valence electrons. The van der Waals surface area contributed by atoms with Gasteiger partial charge in [-0.05, 0) is 24.5 Å². The van der Waals surface area contributed by atoms with Crippen LogP contribution in [0.5, 0.6) is 0 Å². The van der Waals surface area contributed by atoms with Crippen LogP contribution in [-0.2, 0) is 19.1 Å². The molecule has 2 aromatic rings. The highest BCUT2D eigenvalue weighted by molar-refractivity contribution is 8.04. The minimum absolute atomic E-state index is 0.0253. The SMILES string of the molecule is COC(=O)/C=C1/SCC(=O)N1CCCOC(=O)c1cnn(-c2ccccn2)c1C(C)C. The summed E-state index contributed by atoms with van der Waals surface area (Å²) in [6.07, 6.45) is 4.88. The molecule has 10 heteroatoms. The Labute approximate surface area is 184 Å². The number of carbonyl (C=O) groups excluding carboxylic acids is 3. The van der Waals surface area contributed by atoms with Crippen molar-refractivity contribution in [2.75, 3.05) is 26.0 Å². The third-order valence-electron chi connectivity index (χ3n) is 4.55. The van der Waals surface area contributed by atoms with Crippen molar-refractivity contribution in [3.05, 3.63) is 53.0 Å². The van der Waals surface area contributed by atoms with Crippen LogP contribution in [0.1, 0.15) is 42.2 Å². The molecule has 1 saturated heterocycles. The van der Waals surface area contributed by atoms with Crippen LogP contribution in [0.3, 0.4) is 0 Å². The van der Waals surface area contributed by atoms with Crippen molar-refractivity contribution in [2.45, 2.75) is 26.2 Å². The number of pyridine rings is 1. The summed E-state index contributed by atoms with van der Waals surface area (Å²) in [4.78, 5) is 42.0. The third kappa shape index (κ3) is 5.32. The zero-order valence-electron chi connectivity index (χ0n) is 17.6. The van der Waals surface area contributed by atoms with Crippen LogP contribution >= 0.6 is 11.8 Å². The number of hydrogen-bond acceptors (Lipinski definition) is 8. The van der Waals surface area contributed by atoms with Gasteiger partial charge in [0.1, 0.15) is 5.56 Å². The van der Waals surface area contributed by atoms with Gasteiger partial charge in [-0.3, -0.25) is 4.79 Å². The van der Waals surface area contributed by atoms with Gasteiger partial charge in [0, 0.05) is 12.7 Å². The molecule has 3 heterocycles. The summed E-state index contributed by atoms with van der Waals surface area (Å²) in [6, 6.07) is 5.48. The van der Waals surface area contributed by atoms with E-state index in [4.69, 9.17) is 4.74 Å². The highest BCUT2D eigenvalue weighted by Gasteiger charge is 2.27. The Bertz CT molecular complexity index is 987. The lowest BCUT2D eigenvalue weighted by molar-refractivity contribution is -0.134.